The van der Waals surface area contributed by atoms with E-state index in [1.807, 2.05) is 4.90 Å². The third-order valence-electron chi connectivity index (χ3n) is 5.31. The van der Waals surface area contributed by atoms with Crippen molar-refractivity contribution in [1.29, 1.82) is 0 Å². The minimum absolute atomic E-state index is 0.0124. The molecule has 1 saturated carbocycles. The van der Waals surface area contributed by atoms with E-state index in [0.717, 1.165) is 32.5 Å². The van der Waals surface area contributed by atoms with Crippen LogP contribution in [0.2, 0.25) is 0 Å². The fourth-order valence-corrected chi connectivity index (χ4v) is 4.11. The molecule has 114 valence electrons. The molecule has 1 amide bonds. The molecule has 1 spiro atoms. The lowest BCUT2D eigenvalue weighted by Gasteiger charge is -2.37. The topological polar surface area (TPSA) is 61.8 Å². The number of aliphatic hydroxyl groups is 1. The highest BCUT2D eigenvalue weighted by Gasteiger charge is 2.54. The van der Waals surface area contributed by atoms with Crippen LogP contribution < -0.4 is 5.32 Å². The maximum Gasteiger partial charge on any atom is 0.410 e. The molecule has 3 rings (SSSR count). The van der Waals surface area contributed by atoms with Gasteiger partial charge in [0.15, 0.2) is 0 Å². The van der Waals surface area contributed by atoms with Crippen LogP contribution in [0.1, 0.15) is 44.9 Å². The highest BCUT2D eigenvalue weighted by Crippen LogP contribution is 2.38. The standard InChI is InChI=1S/C15H26N2O3/c18-11-13-15(6-8-16-9-7-15)20-14(19)17(13)10-12-4-2-1-3-5-12/h12-13,16,18H,1-11H2. The highest BCUT2D eigenvalue weighted by atomic mass is 16.6. The van der Waals surface area contributed by atoms with Crippen molar-refractivity contribution in [3.05, 3.63) is 0 Å². The van der Waals surface area contributed by atoms with Gasteiger partial charge in [-0.3, -0.25) is 4.90 Å². The Hall–Kier alpha value is -0.810. The zero-order valence-electron chi connectivity index (χ0n) is 12.1. The van der Waals surface area contributed by atoms with E-state index < -0.39 is 5.60 Å². The van der Waals surface area contributed by atoms with Crippen LogP contribution in [0.3, 0.4) is 0 Å². The number of amides is 1. The van der Waals surface area contributed by atoms with E-state index >= 15 is 0 Å². The Balaban J connectivity index is 1.70. The van der Waals surface area contributed by atoms with Crippen LogP contribution in [-0.4, -0.2) is 54.0 Å². The predicted molar refractivity (Wildman–Crippen MR) is 75.5 cm³/mol. The number of rotatable bonds is 3. The van der Waals surface area contributed by atoms with Crippen molar-refractivity contribution in [2.75, 3.05) is 26.2 Å². The molecule has 2 saturated heterocycles. The molecule has 2 aliphatic heterocycles. The quantitative estimate of drug-likeness (QED) is 0.823. The van der Waals surface area contributed by atoms with Crippen LogP contribution in [0, 0.1) is 5.92 Å². The summed E-state index contributed by atoms with van der Waals surface area (Å²) in [6, 6.07) is -0.154. The number of ether oxygens (including phenoxy) is 1. The minimum Gasteiger partial charge on any atom is -0.440 e. The Kier molecular flexibility index (Phi) is 4.17. The van der Waals surface area contributed by atoms with Gasteiger partial charge in [-0.25, -0.2) is 4.79 Å². The lowest BCUT2D eigenvalue weighted by atomic mass is 9.84. The maximum absolute atomic E-state index is 12.3. The van der Waals surface area contributed by atoms with E-state index in [1.165, 1.54) is 32.1 Å². The molecule has 2 heterocycles. The summed E-state index contributed by atoms with van der Waals surface area (Å²) in [6.45, 7) is 2.50. The molecule has 1 aliphatic carbocycles. The number of piperidine rings is 1. The van der Waals surface area contributed by atoms with Gasteiger partial charge in [-0.15, -0.1) is 0 Å². The fourth-order valence-electron chi connectivity index (χ4n) is 4.11. The van der Waals surface area contributed by atoms with Gasteiger partial charge in [0, 0.05) is 19.4 Å². The monoisotopic (exact) mass is 282 g/mol. The van der Waals surface area contributed by atoms with Crippen molar-refractivity contribution in [2.45, 2.75) is 56.6 Å². The number of carbonyl (C=O) groups is 1. The summed E-state index contributed by atoms with van der Waals surface area (Å²) < 4.78 is 5.73. The smallest absolute Gasteiger partial charge is 0.410 e. The number of hydrogen-bond acceptors (Lipinski definition) is 4. The largest absolute Gasteiger partial charge is 0.440 e. The molecule has 2 N–H and O–H groups in total. The van der Waals surface area contributed by atoms with Crippen LogP contribution in [0.5, 0.6) is 0 Å². The van der Waals surface area contributed by atoms with Crippen molar-refractivity contribution in [3.8, 4) is 0 Å². The molecule has 0 aromatic carbocycles. The molecule has 5 nitrogen and oxygen atoms in total. The third kappa shape index (κ3) is 2.53. The van der Waals surface area contributed by atoms with Crippen molar-refractivity contribution in [3.63, 3.8) is 0 Å². The molecule has 0 aromatic rings. The first-order valence-corrected chi connectivity index (χ1v) is 8.06. The predicted octanol–water partition coefficient (Wildman–Crippen LogP) is 1.50. The van der Waals surface area contributed by atoms with E-state index in [-0.39, 0.29) is 18.7 Å². The summed E-state index contributed by atoms with van der Waals surface area (Å²) in [7, 11) is 0. The Bertz CT molecular complexity index is 349. The molecule has 20 heavy (non-hydrogen) atoms. The van der Waals surface area contributed by atoms with E-state index in [2.05, 4.69) is 5.32 Å². The second-order valence-electron chi connectivity index (χ2n) is 6.54. The highest BCUT2D eigenvalue weighted by molar-refractivity contribution is 5.71. The average molecular weight is 282 g/mol. The van der Waals surface area contributed by atoms with Gasteiger partial charge in [0.25, 0.3) is 0 Å². The van der Waals surface area contributed by atoms with Gasteiger partial charge in [-0.2, -0.15) is 0 Å². The molecular formula is C15H26N2O3. The summed E-state index contributed by atoms with van der Waals surface area (Å²) >= 11 is 0. The summed E-state index contributed by atoms with van der Waals surface area (Å²) in [6.07, 6.45) is 7.68. The first-order valence-electron chi connectivity index (χ1n) is 8.06. The third-order valence-corrected chi connectivity index (χ3v) is 5.31. The summed E-state index contributed by atoms with van der Waals surface area (Å²) in [5, 5.41) is 13.1. The first kappa shape index (κ1) is 14.1. The number of nitrogens with zero attached hydrogens (tertiary/aromatic N) is 1. The molecular weight excluding hydrogens is 256 g/mol. The van der Waals surface area contributed by atoms with Gasteiger partial charge in [0.1, 0.15) is 5.60 Å². The molecule has 1 atom stereocenters. The Morgan fingerprint density at radius 2 is 1.95 bits per heavy atom. The Morgan fingerprint density at radius 1 is 1.25 bits per heavy atom. The van der Waals surface area contributed by atoms with Gasteiger partial charge in [0.2, 0.25) is 0 Å². The van der Waals surface area contributed by atoms with Gasteiger partial charge in [0.05, 0.1) is 12.6 Å². The summed E-state index contributed by atoms with van der Waals surface area (Å²) in [5.41, 5.74) is -0.453. The van der Waals surface area contributed by atoms with Crippen molar-refractivity contribution in [2.24, 2.45) is 5.92 Å². The van der Waals surface area contributed by atoms with Crippen LogP contribution in [-0.2, 0) is 4.74 Å². The van der Waals surface area contributed by atoms with Crippen LogP contribution in [0.15, 0.2) is 0 Å². The second-order valence-corrected chi connectivity index (χ2v) is 6.54. The van der Waals surface area contributed by atoms with E-state index in [9.17, 15) is 9.90 Å². The van der Waals surface area contributed by atoms with Gasteiger partial charge >= 0.3 is 6.09 Å². The van der Waals surface area contributed by atoms with Crippen LogP contribution in [0.25, 0.3) is 0 Å². The van der Waals surface area contributed by atoms with Crippen molar-refractivity contribution < 1.29 is 14.6 Å². The fraction of sp³-hybridized carbons (Fsp3) is 0.933. The SMILES string of the molecule is O=C1OC2(CCNCC2)C(CO)N1CC1CCCCC1. The van der Waals surface area contributed by atoms with Crippen LogP contribution in [0.4, 0.5) is 4.79 Å². The first-order chi connectivity index (χ1) is 9.75. The molecule has 3 aliphatic rings. The normalized spacial score (nSPS) is 30.8. The van der Waals surface area contributed by atoms with E-state index in [4.69, 9.17) is 4.74 Å². The number of aliphatic hydroxyl groups excluding tert-OH is 1. The molecule has 1 unspecified atom stereocenters. The van der Waals surface area contributed by atoms with Gasteiger partial charge in [-0.05, 0) is 31.8 Å². The molecule has 3 fully saturated rings. The number of hydrogen-bond donors (Lipinski definition) is 2. The zero-order valence-corrected chi connectivity index (χ0v) is 12.1. The minimum atomic E-state index is -0.453. The Labute approximate surface area is 120 Å². The maximum atomic E-state index is 12.3. The van der Waals surface area contributed by atoms with Crippen molar-refractivity contribution in [1.82, 2.24) is 10.2 Å². The molecule has 5 heteroatoms. The zero-order chi connectivity index (χ0) is 14.0. The summed E-state index contributed by atoms with van der Waals surface area (Å²) in [5.74, 6) is 0.585. The molecule has 0 bridgehead atoms. The van der Waals surface area contributed by atoms with Gasteiger partial charge < -0.3 is 15.2 Å². The molecule has 0 radical (unpaired) electrons. The van der Waals surface area contributed by atoms with E-state index in [0.29, 0.717) is 5.92 Å². The van der Waals surface area contributed by atoms with Crippen LogP contribution >= 0.6 is 0 Å². The van der Waals surface area contributed by atoms with E-state index in [1.54, 1.807) is 0 Å². The van der Waals surface area contributed by atoms with Gasteiger partial charge in [-0.1, -0.05) is 19.3 Å². The average Bonchev–Trinajstić information content (AvgIpc) is 2.72. The van der Waals surface area contributed by atoms with Crippen molar-refractivity contribution >= 4 is 6.09 Å². The number of carbonyl (C=O) groups excluding carboxylic acids is 1. The molecule has 0 aromatic heterocycles. The lowest BCUT2D eigenvalue weighted by Crippen LogP contribution is -2.53. The second kappa shape index (κ2) is 5.90. The Morgan fingerprint density at radius 3 is 2.60 bits per heavy atom. The lowest BCUT2D eigenvalue weighted by molar-refractivity contribution is -0.00848. The number of nitrogens with one attached hydrogen (secondary N) is 1. The summed E-state index contributed by atoms with van der Waals surface area (Å²) in [4.78, 5) is 14.1.